The highest BCUT2D eigenvalue weighted by atomic mass is 16.6. The lowest BCUT2D eigenvalue weighted by Crippen LogP contribution is -2.14. The number of ether oxygens (including phenoxy) is 2. The number of rotatable bonds is 10. The maximum absolute atomic E-state index is 11.6. The minimum absolute atomic E-state index is 0.0480. The number of carbonyl (C=O) groups excluding carboxylic acids is 3. The van der Waals surface area contributed by atoms with Gasteiger partial charge in [-0.15, -0.1) is 0 Å². The smallest absolute Gasteiger partial charge is 0.331 e. The molecule has 1 aromatic carbocycles. The molecule has 0 aromatic heterocycles. The van der Waals surface area contributed by atoms with Crippen LogP contribution in [0.4, 0.5) is 0 Å². The summed E-state index contributed by atoms with van der Waals surface area (Å²) < 4.78 is 9.50. The van der Waals surface area contributed by atoms with Gasteiger partial charge in [0.2, 0.25) is 0 Å². The number of esters is 3. The van der Waals surface area contributed by atoms with E-state index in [2.05, 4.69) is 0 Å². The summed E-state index contributed by atoms with van der Waals surface area (Å²) in [5.41, 5.74) is 0.777. The first-order valence-electron chi connectivity index (χ1n) is 7.82. The first-order chi connectivity index (χ1) is 12.0. The maximum atomic E-state index is 11.6. The Hall–Kier alpha value is -2.96. The molecule has 1 N–H and O–H groups in total. The van der Waals surface area contributed by atoms with Gasteiger partial charge in [0.25, 0.3) is 0 Å². The molecule has 0 saturated heterocycles. The number of aliphatic carboxylic acids is 1. The van der Waals surface area contributed by atoms with E-state index in [-0.39, 0.29) is 19.4 Å². The molecule has 0 radical (unpaired) electrons. The molecule has 0 unspecified atom stereocenters. The molecule has 7 nitrogen and oxygen atoms in total. The molecular formula is C18H20O7. The van der Waals surface area contributed by atoms with Crippen LogP contribution in [0.2, 0.25) is 0 Å². The van der Waals surface area contributed by atoms with Crippen LogP contribution in [0.25, 0.3) is 0 Å². The van der Waals surface area contributed by atoms with Crippen LogP contribution in [-0.2, 0) is 35.1 Å². The highest BCUT2D eigenvalue weighted by Crippen LogP contribution is 2.05. The van der Waals surface area contributed by atoms with Crippen molar-refractivity contribution in [2.75, 3.05) is 6.61 Å². The molecule has 0 fully saturated rings. The number of unbranched alkanes of at least 4 members (excludes halogenated alkanes) is 2. The average molecular weight is 348 g/mol. The molecule has 7 heteroatoms. The van der Waals surface area contributed by atoms with E-state index >= 15 is 0 Å². The Morgan fingerprint density at radius 1 is 0.920 bits per heavy atom. The van der Waals surface area contributed by atoms with Gasteiger partial charge in [0.1, 0.15) is 0 Å². The molecule has 0 spiro atoms. The summed E-state index contributed by atoms with van der Waals surface area (Å²) in [5.74, 6) is -3.12. The van der Waals surface area contributed by atoms with Crippen molar-refractivity contribution >= 4 is 23.9 Å². The van der Waals surface area contributed by atoms with Crippen LogP contribution < -0.4 is 0 Å². The van der Waals surface area contributed by atoms with Crippen molar-refractivity contribution in [2.45, 2.75) is 32.1 Å². The number of benzene rings is 1. The van der Waals surface area contributed by atoms with Crippen molar-refractivity contribution in [3.63, 3.8) is 0 Å². The van der Waals surface area contributed by atoms with Gasteiger partial charge >= 0.3 is 23.9 Å². The van der Waals surface area contributed by atoms with E-state index < -0.39 is 23.9 Å². The molecule has 0 bridgehead atoms. The Bertz CT molecular complexity index is 620. The molecular weight excluding hydrogens is 328 g/mol. The predicted molar refractivity (Wildman–Crippen MR) is 87.4 cm³/mol. The monoisotopic (exact) mass is 348 g/mol. The van der Waals surface area contributed by atoms with Crippen molar-refractivity contribution in [3.05, 3.63) is 48.0 Å². The fourth-order valence-electron chi connectivity index (χ4n) is 1.88. The van der Waals surface area contributed by atoms with Gasteiger partial charge in [0.15, 0.2) is 0 Å². The standard InChI is InChI=1S/C18H20O7/c19-15(20)10-11-16(21)24-12-6-2-5-9-17(22)25-18(23)13-14-7-3-1-4-8-14/h1,3-4,7-8,10-11H,2,5-6,9,12-13H2,(H,19,20)/b11-10-. The van der Waals surface area contributed by atoms with E-state index in [0.29, 0.717) is 25.3 Å². The zero-order chi connectivity index (χ0) is 18.5. The zero-order valence-corrected chi connectivity index (χ0v) is 13.7. The van der Waals surface area contributed by atoms with Crippen molar-refractivity contribution in [2.24, 2.45) is 0 Å². The van der Waals surface area contributed by atoms with Gasteiger partial charge in [0.05, 0.1) is 13.0 Å². The lowest BCUT2D eigenvalue weighted by atomic mass is 10.1. The molecule has 0 amide bonds. The Balaban J connectivity index is 2.08. The Labute approximate surface area is 145 Å². The minimum atomic E-state index is -1.22. The van der Waals surface area contributed by atoms with E-state index in [1.165, 1.54) is 0 Å². The second-order valence-electron chi connectivity index (χ2n) is 5.16. The zero-order valence-electron chi connectivity index (χ0n) is 13.7. The van der Waals surface area contributed by atoms with E-state index in [9.17, 15) is 19.2 Å². The number of hydrogen-bond donors (Lipinski definition) is 1. The van der Waals surface area contributed by atoms with Crippen molar-refractivity contribution < 1.29 is 33.8 Å². The number of hydrogen-bond acceptors (Lipinski definition) is 6. The lowest BCUT2D eigenvalue weighted by molar-refractivity contribution is -0.159. The first-order valence-corrected chi connectivity index (χ1v) is 7.82. The normalized spacial score (nSPS) is 10.4. The molecule has 0 saturated carbocycles. The van der Waals surface area contributed by atoms with E-state index in [0.717, 1.165) is 11.6 Å². The molecule has 25 heavy (non-hydrogen) atoms. The predicted octanol–water partition coefficient (Wildman–Crippen LogP) is 2.04. The highest BCUT2D eigenvalue weighted by Gasteiger charge is 2.10. The summed E-state index contributed by atoms with van der Waals surface area (Å²) in [7, 11) is 0. The Kier molecular flexibility index (Phi) is 9.28. The van der Waals surface area contributed by atoms with Gasteiger partial charge < -0.3 is 14.6 Å². The SMILES string of the molecule is O=C(O)/C=C\C(=O)OCCCCCC(=O)OC(=O)Cc1ccccc1. The highest BCUT2D eigenvalue weighted by molar-refractivity contribution is 5.90. The number of carboxylic acid groups (broad SMARTS) is 1. The van der Waals surface area contributed by atoms with Crippen molar-refractivity contribution in [1.82, 2.24) is 0 Å². The molecule has 0 aliphatic carbocycles. The van der Waals surface area contributed by atoms with Crippen LogP contribution in [0.15, 0.2) is 42.5 Å². The first kappa shape index (κ1) is 20.1. The summed E-state index contributed by atoms with van der Waals surface area (Å²) in [6.45, 7) is 0.130. The summed E-state index contributed by atoms with van der Waals surface area (Å²) in [6, 6.07) is 8.99. The van der Waals surface area contributed by atoms with Gasteiger partial charge in [-0.1, -0.05) is 30.3 Å². The van der Waals surface area contributed by atoms with Gasteiger partial charge in [0, 0.05) is 18.6 Å². The largest absolute Gasteiger partial charge is 0.478 e. The van der Waals surface area contributed by atoms with Gasteiger partial charge in [-0.25, -0.2) is 9.59 Å². The third-order valence-corrected chi connectivity index (χ3v) is 3.05. The van der Waals surface area contributed by atoms with Crippen LogP contribution in [-0.4, -0.2) is 35.6 Å². The lowest BCUT2D eigenvalue weighted by Gasteiger charge is -2.04. The third kappa shape index (κ3) is 10.4. The van der Waals surface area contributed by atoms with Gasteiger partial charge in [-0.05, 0) is 24.8 Å². The van der Waals surface area contributed by atoms with Crippen molar-refractivity contribution in [1.29, 1.82) is 0 Å². The summed E-state index contributed by atoms with van der Waals surface area (Å²) in [4.78, 5) is 44.4. The fourth-order valence-corrected chi connectivity index (χ4v) is 1.88. The van der Waals surface area contributed by atoms with Crippen molar-refractivity contribution in [3.8, 4) is 0 Å². The second kappa shape index (κ2) is 11.6. The summed E-state index contributed by atoms with van der Waals surface area (Å²) in [5, 5.41) is 8.34. The maximum Gasteiger partial charge on any atom is 0.331 e. The van der Waals surface area contributed by atoms with E-state index in [4.69, 9.17) is 14.6 Å². The molecule has 0 aliphatic heterocycles. The molecule has 1 rings (SSSR count). The molecule has 0 heterocycles. The van der Waals surface area contributed by atoms with Crippen LogP contribution in [0.1, 0.15) is 31.2 Å². The molecule has 0 aliphatic rings. The average Bonchev–Trinajstić information content (AvgIpc) is 2.56. The quantitative estimate of drug-likeness (QED) is 0.298. The van der Waals surface area contributed by atoms with Crippen LogP contribution in [0, 0.1) is 0 Å². The Morgan fingerprint density at radius 2 is 1.64 bits per heavy atom. The molecule has 134 valence electrons. The fraction of sp³-hybridized carbons (Fsp3) is 0.333. The second-order valence-corrected chi connectivity index (χ2v) is 5.16. The van der Waals surface area contributed by atoms with Crippen LogP contribution in [0.3, 0.4) is 0 Å². The summed E-state index contributed by atoms with van der Waals surface area (Å²) >= 11 is 0. The third-order valence-electron chi connectivity index (χ3n) is 3.05. The summed E-state index contributed by atoms with van der Waals surface area (Å²) in [6.07, 6.45) is 3.32. The van der Waals surface area contributed by atoms with E-state index in [1.54, 1.807) is 24.3 Å². The van der Waals surface area contributed by atoms with Gasteiger partial charge in [-0.3, -0.25) is 9.59 Å². The van der Waals surface area contributed by atoms with Gasteiger partial charge in [-0.2, -0.15) is 0 Å². The van der Waals surface area contributed by atoms with Crippen LogP contribution in [0.5, 0.6) is 0 Å². The topological polar surface area (TPSA) is 107 Å². The number of carbonyl (C=O) groups is 4. The number of carboxylic acids is 1. The minimum Gasteiger partial charge on any atom is -0.478 e. The Morgan fingerprint density at radius 3 is 2.32 bits per heavy atom. The molecule has 0 atom stereocenters. The van der Waals surface area contributed by atoms with Crippen LogP contribution >= 0.6 is 0 Å². The molecule has 1 aromatic rings. The van der Waals surface area contributed by atoms with E-state index in [1.807, 2.05) is 6.07 Å².